The van der Waals surface area contributed by atoms with Gasteiger partial charge >= 0.3 is 6.18 Å². The maximum Gasteiger partial charge on any atom is 0.416 e. The molecule has 0 amide bonds. The number of anilines is 1. The van der Waals surface area contributed by atoms with Crippen LogP contribution < -0.4 is 5.32 Å². The molecule has 0 aliphatic rings. The van der Waals surface area contributed by atoms with Gasteiger partial charge in [0.2, 0.25) is 0 Å². The summed E-state index contributed by atoms with van der Waals surface area (Å²) in [6.45, 7) is 0.0871. The first-order chi connectivity index (χ1) is 12.2. The maximum absolute atomic E-state index is 13.0. The molecule has 2 aromatic carbocycles. The van der Waals surface area contributed by atoms with Crippen LogP contribution in [0.4, 0.5) is 18.9 Å². The standard InChI is InChI=1S/C18H17Cl2F3N2O/c19-13-5-3-11(15(20)9-13)10-25-17-8-12(18(21,22)23)4-6-14(17)16(24)2-1-7-26/h3-6,8-9,24-26H,1-2,7,10H2. The van der Waals surface area contributed by atoms with Gasteiger partial charge in [0.25, 0.3) is 0 Å². The van der Waals surface area contributed by atoms with E-state index in [4.69, 9.17) is 33.7 Å². The number of halogens is 5. The lowest BCUT2D eigenvalue weighted by Gasteiger charge is -2.16. The van der Waals surface area contributed by atoms with E-state index in [2.05, 4.69) is 5.32 Å². The summed E-state index contributed by atoms with van der Waals surface area (Å²) in [5.41, 5.74) is 0.560. The molecule has 0 radical (unpaired) electrons. The molecular weight excluding hydrogens is 388 g/mol. The van der Waals surface area contributed by atoms with Crippen LogP contribution in [0, 0.1) is 5.41 Å². The number of alkyl halides is 3. The van der Waals surface area contributed by atoms with Crippen molar-refractivity contribution >= 4 is 34.6 Å². The summed E-state index contributed by atoms with van der Waals surface area (Å²) in [5.74, 6) is 0. The van der Waals surface area contributed by atoms with Crippen LogP contribution in [0.5, 0.6) is 0 Å². The number of hydrogen-bond donors (Lipinski definition) is 3. The van der Waals surface area contributed by atoms with Gasteiger partial charge in [-0.3, -0.25) is 0 Å². The van der Waals surface area contributed by atoms with Crippen molar-refractivity contribution in [1.29, 1.82) is 5.41 Å². The molecule has 3 N–H and O–H groups in total. The summed E-state index contributed by atoms with van der Waals surface area (Å²) >= 11 is 11.9. The molecule has 0 spiro atoms. The van der Waals surface area contributed by atoms with Gasteiger partial charge in [0.05, 0.1) is 5.56 Å². The van der Waals surface area contributed by atoms with Gasteiger partial charge < -0.3 is 15.8 Å². The third-order valence-corrected chi connectivity index (χ3v) is 4.33. The molecule has 0 fully saturated rings. The summed E-state index contributed by atoms with van der Waals surface area (Å²) < 4.78 is 39.1. The van der Waals surface area contributed by atoms with Crippen LogP contribution >= 0.6 is 23.2 Å². The third-order valence-electron chi connectivity index (χ3n) is 3.74. The largest absolute Gasteiger partial charge is 0.416 e. The number of benzene rings is 2. The lowest BCUT2D eigenvalue weighted by molar-refractivity contribution is -0.137. The topological polar surface area (TPSA) is 56.1 Å². The summed E-state index contributed by atoms with van der Waals surface area (Å²) in [5, 5.41) is 20.8. The minimum Gasteiger partial charge on any atom is -0.396 e. The molecule has 0 aliphatic carbocycles. The fourth-order valence-electron chi connectivity index (χ4n) is 2.38. The molecule has 2 aromatic rings. The summed E-state index contributed by atoms with van der Waals surface area (Å²) in [6.07, 6.45) is -3.86. The van der Waals surface area contributed by atoms with E-state index in [0.717, 1.165) is 12.1 Å². The molecular formula is C18H17Cl2F3N2O. The first-order valence-electron chi connectivity index (χ1n) is 7.80. The Morgan fingerprint density at radius 1 is 1.12 bits per heavy atom. The second-order valence-corrected chi connectivity index (χ2v) is 6.50. The van der Waals surface area contributed by atoms with E-state index in [-0.39, 0.29) is 31.0 Å². The van der Waals surface area contributed by atoms with Crippen LogP contribution in [0.15, 0.2) is 36.4 Å². The normalized spacial score (nSPS) is 11.5. The second kappa shape index (κ2) is 8.75. The average Bonchev–Trinajstić information content (AvgIpc) is 2.58. The smallest absolute Gasteiger partial charge is 0.396 e. The van der Waals surface area contributed by atoms with Gasteiger partial charge in [-0.15, -0.1) is 0 Å². The summed E-state index contributed by atoms with van der Waals surface area (Å²) in [4.78, 5) is 0. The monoisotopic (exact) mass is 404 g/mol. The number of hydrogen-bond acceptors (Lipinski definition) is 3. The molecule has 0 bridgehead atoms. The van der Waals surface area contributed by atoms with Gasteiger partial charge in [0.1, 0.15) is 0 Å². The molecule has 0 aromatic heterocycles. The van der Waals surface area contributed by atoms with Crippen molar-refractivity contribution in [3.8, 4) is 0 Å². The molecule has 0 atom stereocenters. The maximum atomic E-state index is 13.0. The van der Waals surface area contributed by atoms with Crippen molar-refractivity contribution in [1.82, 2.24) is 0 Å². The molecule has 8 heteroatoms. The van der Waals surface area contributed by atoms with Crippen LogP contribution in [0.1, 0.15) is 29.5 Å². The number of nitrogens with one attached hydrogen (secondary N) is 2. The molecule has 2 rings (SSSR count). The van der Waals surface area contributed by atoms with E-state index in [9.17, 15) is 13.2 Å². The second-order valence-electron chi connectivity index (χ2n) is 5.65. The zero-order valence-electron chi connectivity index (χ0n) is 13.6. The molecule has 26 heavy (non-hydrogen) atoms. The fraction of sp³-hybridized carbons (Fsp3) is 0.278. The van der Waals surface area contributed by atoms with E-state index in [1.54, 1.807) is 18.2 Å². The summed E-state index contributed by atoms with van der Waals surface area (Å²) in [6, 6.07) is 8.07. The van der Waals surface area contributed by atoms with Gasteiger partial charge in [0.15, 0.2) is 0 Å². The van der Waals surface area contributed by atoms with Crippen LogP contribution in [-0.2, 0) is 12.7 Å². The highest BCUT2D eigenvalue weighted by molar-refractivity contribution is 6.35. The molecule has 0 saturated heterocycles. The van der Waals surface area contributed by atoms with Crippen molar-refractivity contribution < 1.29 is 18.3 Å². The average molecular weight is 405 g/mol. The van der Waals surface area contributed by atoms with Crippen molar-refractivity contribution in [2.24, 2.45) is 0 Å². The molecule has 0 saturated carbocycles. The van der Waals surface area contributed by atoms with E-state index < -0.39 is 11.7 Å². The van der Waals surface area contributed by atoms with Crippen LogP contribution in [0.2, 0.25) is 10.0 Å². The Labute approximate surface area is 159 Å². The first kappa shape index (κ1) is 20.6. The van der Waals surface area contributed by atoms with Crippen molar-refractivity contribution in [3.63, 3.8) is 0 Å². The van der Waals surface area contributed by atoms with Crippen LogP contribution in [0.3, 0.4) is 0 Å². The zero-order valence-corrected chi connectivity index (χ0v) is 15.1. The van der Waals surface area contributed by atoms with Gasteiger partial charge in [-0.25, -0.2) is 0 Å². The highest BCUT2D eigenvalue weighted by Gasteiger charge is 2.31. The van der Waals surface area contributed by atoms with Gasteiger partial charge in [0, 0.05) is 40.2 Å². The van der Waals surface area contributed by atoms with Gasteiger partial charge in [-0.1, -0.05) is 35.3 Å². The molecule has 0 unspecified atom stereocenters. The predicted octanol–water partition coefficient (Wildman–Crippen LogP) is 5.76. The molecule has 0 aliphatic heterocycles. The Morgan fingerprint density at radius 2 is 1.85 bits per heavy atom. The molecule has 140 valence electrons. The third kappa shape index (κ3) is 5.37. The minimum atomic E-state index is -4.49. The minimum absolute atomic E-state index is 0.0911. The van der Waals surface area contributed by atoms with Crippen LogP contribution in [-0.4, -0.2) is 17.4 Å². The van der Waals surface area contributed by atoms with E-state index >= 15 is 0 Å². The zero-order chi connectivity index (χ0) is 19.3. The van der Waals surface area contributed by atoms with Crippen molar-refractivity contribution in [2.45, 2.75) is 25.6 Å². The Balaban J connectivity index is 2.31. The predicted molar refractivity (Wildman–Crippen MR) is 98.4 cm³/mol. The Hall–Kier alpha value is -1.76. The van der Waals surface area contributed by atoms with Crippen LogP contribution in [0.25, 0.3) is 0 Å². The first-order valence-corrected chi connectivity index (χ1v) is 8.55. The Kier molecular flexibility index (Phi) is 6.92. The van der Waals surface area contributed by atoms with Gasteiger partial charge in [-0.05, 0) is 42.7 Å². The number of rotatable bonds is 7. The fourth-order valence-corrected chi connectivity index (χ4v) is 2.85. The highest BCUT2D eigenvalue weighted by atomic mass is 35.5. The summed E-state index contributed by atoms with van der Waals surface area (Å²) in [7, 11) is 0. The molecule has 0 heterocycles. The van der Waals surface area contributed by atoms with E-state index in [0.29, 0.717) is 27.6 Å². The van der Waals surface area contributed by atoms with E-state index in [1.807, 2.05) is 0 Å². The quantitative estimate of drug-likeness (QED) is 0.513. The molecule has 3 nitrogen and oxygen atoms in total. The Morgan fingerprint density at radius 3 is 2.46 bits per heavy atom. The van der Waals surface area contributed by atoms with Gasteiger partial charge in [-0.2, -0.15) is 13.2 Å². The van der Waals surface area contributed by atoms with Crippen molar-refractivity contribution in [2.75, 3.05) is 11.9 Å². The highest BCUT2D eigenvalue weighted by Crippen LogP contribution is 2.33. The van der Waals surface area contributed by atoms with Crippen molar-refractivity contribution in [3.05, 3.63) is 63.1 Å². The number of aliphatic hydroxyl groups is 1. The number of aliphatic hydroxyl groups excluding tert-OH is 1. The SMILES string of the molecule is N=C(CCCO)c1ccc(C(F)(F)F)cc1NCc1ccc(Cl)cc1Cl. The van der Waals surface area contributed by atoms with E-state index in [1.165, 1.54) is 6.07 Å². The lowest BCUT2D eigenvalue weighted by atomic mass is 10.0. The Bertz CT molecular complexity index is 794. The lowest BCUT2D eigenvalue weighted by Crippen LogP contribution is -2.11.